The van der Waals surface area contributed by atoms with Crippen LogP contribution in [0.4, 0.5) is 0 Å². The molecular weight excluding hydrogens is 212 g/mol. The maximum absolute atomic E-state index is 10.0. The van der Waals surface area contributed by atoms with Crippen molar-refractivity contribution in [3.63, 3.8) is 0 Å². The van der Waals surface area contributed by atoms with Crippen molar-refractivity contribution in [2.45, 2.75) is 58.1 Å². The smallest absolute Gasteiger partial charge is 0.0695 e. The number of likely N-dealkylation sites (N-methyl/N-ethyl adjacent to an activating group) is 1. The fourth-order valence-electron chi connectivity index (χ4n) is 2.82. The maximum atomic E-state index is 10.0. The number of nitrogens with one attached hydrogen (secondary N) is 1. The molecule has 3 atom stereocenters. The monoisotopic (exact) mass is 242 g/mol. The fourth-order valence-corrected chi connectivity index (χ4v) is 2.82. The van der Waals surface area contributed by atoms with Gasteiger partial charge in [-0.2, -0.15) is 0 Å². The summed E-state index contributed by atoms with van der Waals surface area (Å²) >= 11 is 0. The van der Waals surface area contributed by atoms with Gasteiger partial charge in [0, 0.05) is 12.6 Å². The number of rotatable bonds is 7. The lowest BCUT2D eigenvalue weighted by atomic mass is 9.91. The predicted molar refractivity (Wildman–Crippen MR) is 73.2 cm³/mol. The SMILES string of the molecule is CCCNCC(C)CN(C)C1CCCCC1O. The van der Waals surface area contributed by atoms with Gasteiger partial charge in [0.2, 0.25) is 0 Å². The summed E-state index contributed by atoms with van der Waals surface area (Å²) in [6, 6.07) is 0.386. The van der Waals surface area contributed by atoms with Crippen LogP contribution in [-0.2, 0) is 0 Å². The van der Waals surface area contributed by atoms with E-state index in [1.165, 1.54) is 19.3 Å². The summed E-state index contributed by atoms with van der Waals surface area (Å²) in [5.41, 5.74) is 0. The summed E-state index contributed by atoms with van der Waals surface area (Å²) in [6.07, 6.45) is 5.70. The second-order valence-corrected chi connectivity index (χ2v) is 5.67. The quantitative estimate of drug-likeness (QED) is 0.669. The van der Waals surface area contributed by atoms with E-state index in [1.807, 2.05) is 0 Å². The molecule has 102 valence electrons. The Kier molecular flexibility index (Phi) is 7.09. The van der Waals surface area contributed by atoms with E-state index >= 15 is 0 Å². The van der Waals surface area contributed by atoms with Crippen molar-refractivity contribution < 1.29 is 5.11 Å². The van der Waals surface area contributed by atoms with E-state index in [2.05, 4.69) is 31.1 Å². The highest BCUT2D eigenvalue weighted by Crippen LogP contribution is 2.22. The molecule has 3 nitrogen and oxygen atoms in total. The zero-order valence-electron chi connectivity index (χ0n) is 11.8. The zero-order chi connectivity index (χ0) is 12.7. The van der Waals surface area contributed by atoms with Gasteiger partial charge in [-0.25, -0.2) is 0 Å². The van der Waals surface area contributed by atoms with Crippen LogP contribution >= 0.6 is 0 Å². The third-order valence-electron chi connectivity index (χ3n) is 3.78. The van der Waals surface area contributed by atoms with Gasteiger partial charge in [0.15, 0.2) is 0 Å². The van der Waals surface area contributed by atoms with Crippen molar-refractivity contribution in [2.24, 2.45) is 5.92 Å². The molecule has 3 heteroatoms. The van der Waals surface area contributed by atoms with Gasteiger partial charge in [-0.05, 0) is 45.3 Å². The predicted octanol–water partition coefficient (Wildman–Crippen LogP) is 1.86. The minimum absolute atomic E-state index is 0.107. The Labute approximate surface area is 107 Å². The largest absolute Gasteiger partial charge is 0.391 e. The number of hydrogen-bond donors (Lipinski definition) is 2. The molecule has 1 rings (SSSR count). The van der Waals surface area contributed by atoms with E-state index in [1.54, 1.807) is 0 Å². The molecule has 3 unspecified atom stereocenters. The van der Waals surface area contributed by atoms with Crippen LogP contribution in [0.25, 0.3) is 0 Å². The van der Waals surface area contributed by atoms with Crippen LogP contribution in [0, 0.1) is 5.92 Å². The first-order valence-electron chi connectivity index (χ1n) is 7.24. The Balaban J connectivity index is 2.24. The third-order valence-corrected chi connectivity index (χ3v) is 3.78. The molecule has 0 aliphatic heterocycles. The van der Waals surface area contributed by atoms with Gasteiger partial charge in [0.25, 0.3) is 0 Å². The van der Waals surface area contributed by atoms with Gasteiger partial charge < -0.3 is 15.3 Å². The average molecular weight is 242 g/mol. The minimum Gasteiger partial charge on any atom is -0.391 e. The van der Waals surface area contributed by atoms with Crippen LogP contribution in [0.1, 0.15) is 46.0 Å². The van der Waals surface area contributed by atoms with Crippen molar-refractivity contribution >= 4 is 0 Å². The van der Waals surface area contributed by atoms with Gasteiger partial charge in [-0.3, -0.25) is 0 Å². The van der Waals surface area contributed by atoms with Crippen molar-refractivity contribution in [1.82, 2.24) is 10.2 Å². The first-order chi connectivity index (χ1) is 8.15. The van der Waals surface area contributed by atoms with E-state index in [0.29, 0.717) is 12.0 Å². The third kappa shape index (κ3) is 5.36. The Bertz CT molecular complexity index is 199. The second-order valence-electron chi connectivity index (χ2n) is 5.67. The Morgan fingerprint density at radius 3 is 2.71 bits per heavy atom. The van der Waals surface area contributed by atoms with E-state index < -0.39 is 0 Å². The van der Waals surface area contributed by atoms with Gasteiger partial charge >= 0.3 is 0 Å². The van der Waals surface area contributed by atoms with E-state index in [0.717, 1.165) is 32.5 Å². The number of aliphatic hydroxyl groups excluding tert-OH is 1. The Hall–Kier alpha value is -0.120. The lowest BCUT2D eigenvalue weighted by Crippen LogP contribution is -2.45. The second kappa shape index (κ2) is 8.06. The van der Waals surface area contributed by atoms with Gasteiger partial charge in [-0.15, -0.1) is 0 Å². The maximum Gasteiger partial charge on any atom is 0.0695 e. The number of aliphatic hydroxyl groups is 1. The molecule has 17 heavy (non-hydrogen) atoms. The van der Waals surface area contributed by atoms with Crippen LogP contribution in [0.2, 0.25) is 0 Å². The molecule has 0 aromatic carbocycles. The molecule has 0 aromatic rings. The fraction of sp³-hybridized carbons (Fsp3) is 1.00. The highest BCUT2D eigenvalue weighted by molar-refractivity contribution is 4.82. The Morgan fingerprint density at radius 2 is 2.06 bits per heavy atom. The molecule has 0 aromatic heterocycles. The van der Waals surface area contributed by atoms with Crippen LogP contribution in [0.5, 0.6) is 0 Å². The molecule has 1 saturated carbocycles. The normalized spacial score (nSPS) is 27.4. The summed E-state index contributed by atoms with van der Waals surface area (Å²) in [5.74, 6) is 0.653. The van der Waals surface area contributed by atoms with Crippen molar-refractivity contribution in [3.8, 4) is 0 Å². The molecule has 0 spiro atoms. The summed E-state index contributed by atoms with van der Waals surface area (Å²) in [5, 5.41) is 13.5. The van der Waals surface area contributed by atoms with E-state index in [-0.39, 0.29) is 6.10 Å². The topological polar surface area (TPSA) is 35.5 Å². The zero-order valence-corrected chi connectivity index (χ0v) is 11.8. The standard InChI is InChI=1S/C14H30N2O/c1-4-9-15-10-12(2)11-16(3)13-7-5-6-8-14(13)17/h12-15,17H,4-11H2,1-3H3. The highest BCUT2D eigenvalue weighted by atomic mass is 16.3. The first-order valence-corrected chi connectivity index (χ1v) is 7.24. The van der Waals surface area contributed by atoms with Crippen LogP contribution in [0.15, 0.2) is 0 Å². The van der Waals surface area contributed by atoms with Crippen molar-refractivity contribution in [1.29, 1.82) is 0 Å². The molecule has 1 fully saturated rings. The van der Waals surface area contributed by atoms with Crippen molar-refractivity contribution in [2.75, 3.05) is 26.7 Å². The summed E-state index contributed by atoms with van der Waals surface area (Å²) in [7, 11) is 2.16. The molecule has 1 aliphatic carbocycles. The van der Waals surface area contributed by atoms with Crippen LogP contribution in [0.3, 0.4) is 0 Å². The first kappa shape index (κ1) is 14.9. The van der Waals surface area contributed by atoms with Gasteiger partial charge in [0.1, 0.15) is 0 Å². The highest BCUT2D eigenvalue weighted by Gasteiger charge is 2.26. The lowest BCUT2D eigenvalue weighted by molar-refractivity contribution is 0.0267. The van der Waals surface area contributed by atoms with E-state index in [4.69, 9.17) is 0 Å². The summed E-state index contributed by atoms with van der Waals surface area (Å²) < 4.78 is 0. The molecule has 2 N–H and O–H groups in total. The minimum atomic E-state index is -0.107. The van der Waals surface area contributed by atoms with Gasteiger partial charge in [-0.1, -0.05) is 26.7 Å². The summed E-state index contributed by atoms with van der Waals surface area (Å²) in [6.45, 7) is 7.76. The lowest BCUT2D eigenvalue weighted by Gasteiger charge is -2.36. The molecular formula is C14H30N2O. The van der Waals surface area contributed by atoms with Crippen LogP contribution < -0.4 is 5.32 Å². The van der Waals surface area contributed by atoms with Crippen molar-refractivity contribution in [3.05, 3.63) is 0 Å². The molecule has 0 heterocycles. The Morgan fingerprint density at radius 1 is 1.35 bits per heavy atom. The summed E-state index contributed by atoms with van der Waals surface area (Å²) in [4.78, 5) is 2.36. The molecule has 0 bridgehead atoms. The molecule has 0 saturated heterocycles. The molecule has 0 radical (unpaired) electrons. The number of nitrogens with zero attached hydrogens (tertiary/aromatic N) is 1. The van der Waals surface area contributed by atoms with Crippen LogP contribution in [-0.4, -0.2) is 48.8 Å². The van der Waals surface area contributed by atoms with E-state index in [9.17, 15) is 5.11 Å². The number of hydrogen-bond acceptors (Lipinski definition) is 3. The van der Waals surface area contributed by atoms with Gasteiger partial charge in [0.05, 0.1) is 6.10 Å². The molecule has 1 aliphatic rings. The molecule has 0 amide bonds. The average Bonchev–Trinajstić information content (AvgIpc) is 2.29.